The molecule has 0 aromatic carbocycles. The Bertz CT molecular complexity index is 372. The van der Waals surface area contributed by atoms with Gasteiger partial charge in [0.2, 0.25) is 0 Å². The first-order valence-corrected chi connectivity index (χ1v) is 6.44. The van der Waals surface area contributed by atoms with Crippen LogP contribution in [0, 0.1) is 0 Å². The third-order valence-electron chi connectivity index (χ3n) is 3.67. The number of nitrogens with zero attached hydrogens (tertiary/aromatic N) is 1. The molecule has 1 aromatic rings. The normalized spacial score (nSPS) is 21.7. The van der Waals surface area contributed by atoms with Crippen LogP contribution in [0.1, 0.15) is 55.5 Å². The van der Waals surface area contributed by atoms with Crippen LogP contribution in [0.4, 0.5) is 0 Å². The minimum atomic E-state index is 0.0239. The molecule has 3 nitrogen and oxygen atoms in total. The number of hydrogen-bond donors (Lipinski definition) is 1. The first kappa shape index (κ1) is 12.5. The van der Waals surface area contributed by atoms with Gasteiger partial charge in [-0.3, -0.25) is 4.98 Å². The van der Waals surface area contributed by atoms with Crippen LogP contribution >= 0.6 is 0 Å². The lowest BCUT2D eigenvalue weighted by Crippen LogP contribution is -2.08. The molecule has 0 radical (unpaired) electrons. The summed E-state index contributed by atoms with van der Waals surface area (Å²) in [5, 5.41) is 9.45. The minimum Gasteiger partial charge on any atom is -0.390 e. The van der Waals surface area contributed by atoms with Gasteiger partial charge in [0.15, 0.2) is 0 Å². The highest BCUT2D eigenvalue weighted by atomic mass is 16.5. The average Bonchev–Trinajstić information content (AvgIpc) is 2.90. The highest BCUT2D eigenvalue weighted by Gasteiger charge is 2.21. The van der Waals surface area contributed by atoms with Crippen LogP contribution in [0.5, 0.6) is 0 Å². The Kier molecular flexibility index (Phi) is 4.13. The predicted molar refractivity (Wildman–Crippen MR) is 67.0 cm³/mol. The first-order valence-electron chi connectivity index (χ1n) is 6.44. The van der Waals surface area contributed by atoms with Gasteiger partial charge in [-0.1, -0.05) is 19.9 Å². The summed E-state index contributed by atoms with van der Waals surface area (Å²) in [5.41, 5.74) is 3.08. The monoisotopic (exact) mass is 235 g/mol. The molecule has 0 spiro atoms. The first-order chi connectivity index (χ1) is 8.26. The summed E-state index contributed by atoms with van der Waals surface area (Å²) < 4.78 is 5.40. The van der Waals surface area contributed by atoms with E-state index in [0.717, 1.165) is 43.0 Å². The van der Waals surface area contributed by atoms with Crippen molar-refractivity contribution in [3.63, 3.8) is 0 Å². The van der Waals surface area contributed by atoms with Crippen LogP contribution in [0.2, 0.25) is 0 Å². The van der Waals surface area contributed by atoms with Crippen molar-refractivity contribution in [2.75, 3.05) is 13.2 Å². The largest absolute Gasteiger partial charge is 0.390 e. The SMILES string of the molecule is CCC(C)c1ccc(C2CCOC2)c(CO)n1. The van der Waals surface area contributed by atoms with Gasteiger partial charge in [-0.15, -0.1) is 0 Å². The number of aliphatic hydroxyl groups excluding tert-OH is 1. The van der Waals surface area contributed by atoms with Crippen molar-refractivity contribution in [1.29, 1.82) is 0 Å². The van der Waals surface area contributed by atoms with Crippen molar-refractivity contribution in [3.05, 3.63) is 29.1 Å². The zero-order chi connectivity index (χ0) is 12.3. The topological polar surface area (TPSA) is 42.4 Å². The molecule has 94 valence electrons. The van der Waals surface area contributed by atoms with Crippen LogP contribution in [-0.2, 0) is 11.3 Å². The highest BCUT2D eigenvalue weighted by Crippen LogP contribution is 2.29. The van der Waals surface area contributed by atoms with Gasteiger partial charge in [0, 0.05) is 18.2 Å². The molecule has 1 aliphatic heterocycles. The van der Waals surface area contributed by atoms with Crippen LogP contribution in [-0.4, -0.2) is 23.3 Å². The fraction of sp³-hybridized carbons (Fsp3) is 0.643. The van der Waals surface area contributed by atoms with Gasteiger partial charge >= 0.3 is 0 Å². The van der Waals surface area contributed by atoms with E-state index in [-0.39, 0.29) is 6.61 Å². The minimum absolute atomic E-state index is 0.0239. The van der Waals surface area contributed by atoms with Crippen molar-refractivity contribution in [2.45, 2.75) is 45.1 Å². The van der Waals surface area contributed by atoms with Gasteiger partial charge in [-0.05, 0) is 30.4 Å². The number of hydrogen-bond acceptors (Lipinski definition) is 3. The van der Waals surface area contributed by atoms with Gasteiger partial charge in [0.05, 0.1) is 18.9 Å². The second-order valence-electron chi connectivity index (χ2n) is 4.80. The molecule has 1 saturated heterocycles. The van der Waals surface area contributed by atoms with E-state index in [1.54, 1.807) is 0 Å². The quantitative estimate of drug-likeness (QED) is 0.872. The van der Waals surface area contributed by atoms with Crippen LogP contribution in [0.3, 0.4) is 0 Å². The Morgan fingerprint density at radius 3 is 2.94 bits per heavy atom. The third kappa shape index (κ3) is 2.67. The Balaban J connectivity index is 2.27. The third-order valence-corrected chi connectivity index (χ3v) is 3.67. The molecule has 0 bridgehead atoms. The Hall–Kier alpha value is -0.930. The number of aromatic nitrogens is 1. The van der Waals surface area contributed by atoms with E-state index in [2.05, 4.69) is 31.0 Å². The van der Waals surface area contributed by atoms with Crippen LogP contribution in [0.25, 0.3) is 0 Å². The number of rotatable bonds is 4. The summed E-state index contributed by atoms with van der Waals surface area (Å²) in [6, 6.07) is 4.22. The van der Waals surface area contributed by atoms with E-state index in [0.29, 0.717) is 11.8 Å². The lowest BCUT2D eigenvalue weighted by molar-refractivity contribution is 0.193. The smallest absolute Gasteiger partial charge is 0.0856 e. The van der Waals surface area contributed by atoms with Gasteiger partial charge in [-0.2, -0.15) is 0 Å². The molecular weight excluding hydrogens is 214 g/mol. The Morgan fingerprint density at radius 1 is 1.53 bits per heavy atom. The van der Waals surface area contributed by atoms with Crippen LogP contribution in [0.15, 0.2) is 12.1 Å². The molecule has 0 aliphatic carbocycles. The van der Waals surface area contributed by atoms with Crippen molar-refractivity contribution < 1.29 is 9.84 Å². The molecule has 2 unspecified atom stereocenters. The van der Waals surface area contributed by atoms with Gasteiger partial charge in [0.25, 0.3) is 0 Å². The lowest BCUT2D eigenvalue weighted by atomic mass is 9.95. The molecule has 2 rings (SSSR count). The van der Waals surface area contributed by atoms with E-state index in [9.17, 15) is 5.11 Å². The van der Waals surface area contributed by atoms with Crippen molar-refractivity contribution in [1.82, 2.24) is 4.98 Å². The van der Waals surface area contributed by atoms with Crippen molar-refractivity contribution in [2.24, 2.45) is 0 Å². The second-order valence-corrected chi connectivity index (χ2v) is 4.80. The molecule has 3 heteroatoms. The van der Waals surface area contributed by atoms with Crippen molar-refractivity contribution >= 4 is 0 Å². The maximum absolute atomic E-state index is 9.45. The summed E-state index contributed by atoms with van der Waals surface area (Å²) >= 11 is 0. The maximum Gasteiger partial charge on any atom is 0.0856 e. The van der Waals surface area contributed by atoms with Gasteiger partial charge in [0.1, 0.15) is 0 Å². The summed E-state index contributed by atoms with van der Waals surface area (Å²) in [4.78, 5) is 4.60. The van der Waals surface area contributed by atoms with E-state index in [1.807, 2.05) is 0 Å². The zero-order valence-electron chi connectivity index (χ0n) is 10.6. The van der Waals surface area contributed by atoms with Gasteiger partial charge in [-0.25, -0.2) is 0 Å². The zero-order valence-corrected chi connectivity index (χ0v) is 10.6. The predicted octanol–water partition coefficient (Wildman–Crippen LogP) is 2.59. The van der Waals surface area contributed by atoms with Crippen molar-refractivity contribution in [3.8, 4) is 0 Å². The van der Waals surface area contributed by atoms with E-state index in [1.165, 1.54) is 0 Å². The molecule has 1 N–H and O–H groups in total. The average molecular weight is 235 g/mol. The molecular formula is C14H21NO2. The standard InChI is InChI=1S/C14H21NO2/c1-3-10(2)13-5-4-12(14(8-16)15-13)11-6-7-17-9-11/h4-5,10-11,16H,3,6-9H2,1-2H3. The fourth-order valence-corrected chi connectivity index (χ4v) is 2.29. The summed E-state index contributed by atoms with van der Waals surface area (Å²) in [6.07, 6.45) is 2.11. The summed E-state index contributed by atoms with van der Waals surface area (Å²) in [5.74, 6) is 0.866. The fourth-order valence-electron chi connectivity index (χ4n) is 2.29. The molecule has 1 aliphatic rings. The second kappa shape index (κ2) is 5.61. The number of aliphatic hydroxyl groups is 1. The van der Waals surface area contributed by atoms with E-state index in [4.69, 9.17) is 4.74 Å². The van der Waals surface area contributed by atoms with Crippen LogP contribution < -0.4 is 0 Å². The Morgan fingerprint density at radius 2 is 2.35 bits per heavy atom. The van der Waals surface area contributed by atoms with E-state index >= 15 is 0 Å². The molecule has 0 amide bonds. The Labute approximate surface area is 103 Å². The molecule has 1 fully saturated rings. The molecule has 1 aromatic heterocycles. The maximum atomic E-state index is 9.45. The summed E-state index contributed by atoms with van der Waals surface area (Å²) in [6.45, 7) is 5.93. The molecule has 0 saturated carbocycles. The molecule has 2 heterocycles. The number of ether oxygens (including phenoxy) is 1. The molecule has 2 atom stereocenters. The van der Waals surface area contributed by atoms with E-state index < -0.39 is 0 Å². The number of pyridine rings is 1. The highest BCUT2D eigenvalue weighted by molar-refractivity contribution is 5.28. The molecule has 17 heavy (non-hydrogen) atoms. The lowest BCUT2D eigenvalue weighted by Gasteiger charge is -2.15. The summed E-state index contributed by atoms with van der Waals surface area (Å²) in [7, 11) is 0. The van der Waals surface area contributed by atoms with Gasteiger partial charge < -0.3 is 9.84 Å².